The van der Waals surface area contributed by atoms with Crippen molar-refractivity contribution in [2.45, 2.75) is 12.8 Å². The average molecular weight is 315 g/mol. The van der Waals surface area contributed by atoms with Gasteiger partial charge in [-0.2, -0.15) is 4.99 Å². The topological polar surface area (TPSA) is 61.8 Å². The van der Waals surface area contributed by atoms with Gasteiger partial charge in [-0.05, 0) is 35.5 Å². The molecule has 0 bridgehead atoms. The van der Waals surface area contributed by atoms with E-state index < -0.39 is 0 Å². The van der Waals surface area contributed by atoms with E-state index in [2.05, 4.69) is 15.2 Å². The number of anilines is 1. The molecule has 2 aliphatic rings. The van der Waals surface area contributed by atoms with Gasteiger partial charge in [-0.3, -0.25) is 9.59 Å². The number of hydrogen-bond acceptors (Lipinski definition) is 5. The van der Waals surface area contributed by atoms with Crippen LogP contribution in [0, 0.1) is 0 Å². The summed E-state index contributed by atoms with van der Waals surface area (Å²) >= 11 is 1.35. The van der Waals surface area contributed by atoms with Gasteiger partial charge in [-0.25, -0.2) is 0 Å². The summed E-state index contributed by atoms with van der Waals surface area (Å²) in [5.41, 5.74) is 2.09. The zero-order valence-electron chi connectivity index (χ0n) is 12.3. The molecule has 0 saturated carbocycles. The molecule has 1 aromatic carbocycles. The molecule has 1 aromatic rings. The van der Waals surface area contributed by atoms with Crippen LogP contribution in [0.3, 0.4) is 0 Å². The highest BCUT2D eigenvalue weighted by Gasteiger charge is 2.21. The highest BCUT2D eigenvalue weighted by Crippen LogP contribution is 2.28. The Balaban J connectivity index is 1.70. The molecule has 0 spiro atoms. The molecule has 22 heavy (non-hydrogen) atoms. The second kappa shape index (κ2) is 6.36. The van der Waals surface area contributed by atoms with Crippen LogP contribution in [0.4, 0.5) is 5.69 Å². The van der Waals surface area contributed by atoms with Crippen molar-refractivity contribution in [3.63, 3.8) is 0 Å². The standard InChI is InChI=1S/C16H17N3O2S/c1-17-16-18-15(21)14(22-16)10-11-2-4-12(5-3-11)19-8-6-13(20)7-9-19/h2-5,10H,6-9H2,1H3,(H,17,18,21)/b14-10+. The average Bonchev–Trinajstić information content (AvgIpc) is 2.89. The van der Waals surface area contributed by atoms with Crippen molar-refractivity contribution in [2.75, 3.05) is 25.0 Å². The summed E-state index contributed by atoms with van der Waals surface area (Å²) in [6.45, 7) is 1.57. The Bertz CT molecular complexity index is 654. The minimum Gasteiger partial charge on any atom is -0.371 e. The molecule has 2 aliphatic heterocycles. The fourth-order valence-electron chi connectivity index (χ4n) is 2.46. The fraction of sp³-hybridized carbons (Fsp3) is 0.312. The molecule has 1 amide bonds. The van der Waals surface area contributed by atoms with Gasteiger partial charge in [0.15, 0.2) is 5.17 Å². The van der Waals surface area contributed by atoms with Gasteiger partial charge in [0, 0.05) is 38.7 Å². The quantitative estimate of drug-likeness (QED) is 0.846. The Morgan fingerprint density at radius 1 is 1.18 bits per heavy atom. The first-order chi connectivity index (χ1) is 10.7. The molecule has 0 atom stereocenters. The van der Waals surface area contributed by atoms with E-state index in [1.807, 2.05) is 30.3 Å². The number of nitrogens with zero attached hydrogens (tertiary/aromatic N) is 2. The Hall–Kier alpha value is -2.08. The predicted molar refractivity (Wildman–Crippen MR) is 90.0 cm³/mol. The van der Waals surface area contributed by atoms with E-state index in [0.717, 1.165) is 24.3 Å². The molecular weight excluding hydrogens is 298 g/mol. The van der Waals surface area contributed by atoms with Gasteiger partial charge in [-0.1, -0.05) is 12.1 Å². The van der Waals surface area contributed by atoms with E-state index in [0.29, 0.717) is 28.7 Å². The number of rotatable bonds is 2. The van der Waals surface area contributed by atoms with E-state index in [9.17, 15) is 9.59 Å². The van der Waals surface area contributed by atoms with Crippen molar-refractivity contribution in [2.24, 2.45) is 4.99 Å². The third-order valence-corrected chi connectivity index (χ3v) is 4.71. The van der Waals surface area contributed by atoms with E-state index in [-0.39, 0.29) is 5.91 Å². The molecule has 0 aromatic heterocycles. The Labute approximate surface area is 133 Å². The van der Waals surface area contributed by atoms with Crippen molar-refractivity contribution < 1.29 is 9.59 Å². The molecule has 0 radical (unpaired) electrons. The first kappa shape index (κ1) is 14.8. The largest absolute Gasteiger partial charge is 0.371 e. The van der Waals surface area contributed by atoms with Crippen molar-refractivity contribution >= 4 is 40.4 Å². The molecule has 6 heteroatoms. The zero-order chi connectivity index (χ0) is 15.5. The first-order valence-electron chi connectivity index (χ1n) is 7.23. The summed E-state index contributed by atoms with van der Waals surface area (Å²) in [6, 6.07) is 8.05. The SMILES string of the molecule is CNC1=NC(=O)/C(=C\c2ccc(N3CCC(=O)CC3)cc2)S1. The van der Waals surface area contributed by atoms with Crippen LogP contribution in [-0.4, -0.2) is 37.0 Å². The Morgan fingerprint density at radius 3 is 2.45 bits per heavy atom. The molecule has 1 fully saturated rings. The number of piperidine rings is 1. The lowest BCUT2D eigenvalue weighted by atomic mass is 10.1. The fourth-order valence-corrected chi connectivity index (χ4v) is 3.23. The number of benzene rings is 1. The minimum absolute atomic E-state index is 0.201. The van der Waals surface area contributed by atoms with E-state index >= 15 is 0 Å². The summed E-state index contributed by atoms with van der Waals surface area (Å²) in [7, 11) is 1.75. The smallest absolute Gasteiger partial charge is 0.286 e. The van der Waals surface area contributed by atoms with Gasteiger partial charge in [0.05, 0.1) is 4.91 Å². The van der Waals surface area contributed by atoms with Gasteiger partial charge >= 0.3 is 0 Å². The number of carbonyl (C=O) groups excluding carboxylic acids is 2. The number of hydrogen-bond donors (Lipinski definition) is 1. The summed E-state index contributed by atoms with van der Waals surface area (Å²) in [5, 5.41) is 3.51. The Kier molecular flexibility index (Phi) is 4.29. The van der Waals surface area contributed by atoms with E-state index in [1.54, 1.807) is 7.05 Å². The molecule has 1 saturated heterocycles. The maximum atomic E-state index is 11.7. The molecule has 114 valence electrons. The predicted octanol–water partition coefficient (Wildman–Crippen LogP) is 2.05. The second-order valence-corrected chi connectivity index (χ2v) is 6.23. The monoisotopic (exact) mass is 315 g/mol. The highest BCUT2D eigenvalue weighted by molar-refractivity contribution is 8.18. The normalized spacial score (nSPS) is 20.5. The van der Waals surface area contributed by atoms with Crippen LogP contribution in [0.15, 0.2) is 34.2 Å². The van der Waals surface area contributed by atoms with Crippen LogP contribution in [0.5, 0.6) is 0 Å². The summed E-state index contributed by atoms with van der Waals surface area (Å²) < 4.78 is 0. The minimum atomic E-state index is -0.201. The lowest BCUT2D eigenvalue weighted by Crippen LogP contribution is -2.33. The lowest BCUT2D eigenvalue weighted by Gasteiger charge is -2.28. The molecule has 0 unspecified atom stereocenters. The van der Waals surface area contributed by atoms with Gasteiger partial charge in [0.25, 0.3) is 5.91 Å². The van der Waals surface area contributed by atoms with Crippen LogP contribution >= 0.6 is 11.8 Å². The summed E-state index contributed by atoms with van der Waals surface area (Å²) in [4.78, 5) is 29.8. The summed E-state index contributed by atoms with van der Waals surface area (Å²) in [6.07, 6.45) is 3.10. The number of ketones is 1. The van der Waals surface area contributed by atoms with Crippen molar-refractivity contribution in [1.82, 2.24) is 5.32 Å². The number of nitrogens with one attached hydrogen (secondary N) is 1. The second-order valence-electron chi connectivity index (χ2n) is 5.20. The van der Waals surface area contributed by atoms with Crippen LogP contribution in [0.25, 0.3) is 6.08 Å². The van der Waals surface area contributed by atoms with Gasteiger partial charge < -0.3 is 10.2 Å². The van der Waals surface area contributed by atoms with E-state index in [1.165, 1.54) is 11.8 Å². The van der Waals surface area contributed by atoms with E-state index in [4.69, 9.17) is 0 Å². The highest BCUT2D eigenvalue weighted by atomic mass is 32.2. The number of Topliss-reactive ketones (excluding diaryl/α,β-unsaturated/α-hetero) is 1. The number of carbonyl (C=O) groups is 2. The third-order valence-electron chi connectivity index (χ3n) is 3.71. The molecule has 3 rings (SSSR count). The van der Waals surface area contributed by atoms with Crippen LogP contribution < -0.4 is 10.2 Å². The van der Waals surface area contributed by atoms with Crippen molar-refractivity contribution in [3.05, 3.63) is 34.7 Å². The molecule has 2 heterocycles. The molecule has 1 N–H and O–H groups in total. The third kappa shape index (κ3) is 3.22. The maximum Gasteiger partial charge on any atom is 0.286 e. The van der Waals surface area contributed by atoms with Crippen LogP contribution in [0.1, 0.15) is 18.4 Å². The lowest BCUT2D eigenvalue weighted by molar-refractivity contribution is -0.119. The van der Waals surface area contributed by atoms with Crippen molar-refractivity contribution in [3.8, 4) is 0 Å². The summed E-state index contributed by atoms with van der Waals surface area (Å²) in [5.74, 6) is 0.141. The maximum absolute atomic E-state index is 11.7. The number of thioether (sulfide) groups is 1. The van der Waals surface area contributed by atoms with Crippen LogP contribution in [0.2, 0.25) is 0 Å². The number of amidine groups is 1. The van der Waals surface area contributed by atoms with Gasteiger partial charge in [0.2, 0.25) is 0 Å². The molecule has 0 aliphatic carbocycles. The number of aliphatic imine (C=N–C) groups is 1. The Morgan fingerprint density at radius 2 is 1.86 bits per heavy atom. The zero-order valence-corrected chi connectivity index (χ0v) is 13.2. The van der Waals surface area contributed by atoms with Gasteiger partial charge in [0.1, 0.15) is 5.78 Å². The first-order valence-corrected chi connectivity index (χ1v) is 8.04. The molecule has 5 nitrogen and oxygen atoms in total. The molecular formula is C16H17N3O2S. The van der Waals surface area contributed by atoms with Crippen LogP contribution in [-0.2, 0) is 9.59 Å². The van der Waals surface area contributed by atoms with Crippen molar-refractivity contribution in [1.29, 1.82) is 0 Å². The number of amides is 1. The van der Waals surface area contributed by atoms with Gasteiger partial charge in [-0.15, -0.1) is 0 Å².